The Kier molecular flexibility index (Phi) is 7.31. The molecular formula is C25H30N6O2S. The molecule has 0 saturated carbocycles. The Morgan fingerprint density at radius 2 is 1.59 bits per heavy atom. The number of rotatable bonds is 7. The predicted octanol–water partition coefficient (Wildman–Crippen LogP) is 3.83. The van der Waals surface area contributed by atoms with Crippen LogP contribution in [0.4, 0.5) is 17.3 Å². The SMILES string of the molecule is O=C(CSc1nnc(N2CCCCC2)n1-c1ccccc1)Nc1ccc(N2CCOCC2)cc1. The largest absolute Gasteiger partial charge is 0.378 e. The summed E-state index contributed by atoms with van der Waals surface area (Å²) in [5.74, 6) is 1.05. The molecule has 178 valence electrons. The molecule has 3 aromatic rings. The second-order valence-electron chi connectivity index (χ2n) is 8.48. The molecule has 0 atom stereocenters. The van der Waals surface area contributed by atoms with Gasteiger partial charge in [0, 0.05) is 37.6 Å². The van der Waals surface area contributed by atoms with E-state index < -0.39 is 0 Å². The van der Waals surface area contributed by atoms with Crippen molar-refractivity contribution in [2.45, 2.75) is 24.4 Å². The van der Waals surface area contributed by atoms with Crippen molar-refractivity contribution < 1.29 is 9.53 Å². The molecule has 0 bridgehead atoms. The highest BCUT2D eigenvalue weighted by Crippen LogP contribution is 2.28. The molecule has 2 saturated heterocycles. The number of para-hydroxylation sites is 1. The number of aromatic nitrogens is 3. The standard InChI is InChI=1S/C25H30N6O2S/c32-23(26-20-9-11-21(12-10-20)29-15-17-33-18-16-29)19-34-25-28-27-24(30-13-5-2-6-14-30)31(25)22-7-3-1-4-8-22/h1,3-4,7-12H,2,5-6,13-19H2,(H,26,32). The van der Waals surface area contributed by atoms with Crippen molar-refractivity contribution in [1.82, 2.24) is 14.8 Å². The van der Waals surface area contributed by atoms with Gasteiger partial charge in [-0.15, -0.1) is 10.2 Å². The van der Waals surface area contributed by atoms with Crippen molar-refractivity contribution in [3.05, 3.63) is 54.6 Å². The average molecular weight is 479 g/mol. The highest BCUT2D eigenvalue weighted by atomic mass is 32.2. The fourth-order valence-corrected chi connectivity index (χ4v) is 5.11. The van der Waals surface area contributed by atoms with Gasteiger partial charge in [-0.05, 0) is 55.7 Å². The van der Waals surface area contributed by atoms with Gasteiger partial charge in [-0.2, -0.15) is 0 Å². The third-order valence-electron chi connectivity index (χ3n) is 6.13. The van der Waals surface area contributed by atoms with Gasteiger partial charge in [-0.1, -0.05) is 30.0 Å². The maximum absolute atomic E-state index is 12.7. The summed E-state index contributed by atoms with van der Waals surface area (Å²) in [7, 11) is 0. The number of nitrogens with zero attached hydrogens (tertiary/aromatic N) is 5. The lowest BCUT2D eigenvalue weighted by Gasteiger charge is -2.28. The quantitative estimate of drug-likeness (QED) is 0.517. The van der Waals surface area contributed by atoms with Crippen LogP contribution in [0.3, 0.4) is 0 Å². The number of carbonyl (C=O) groups excluding carboxylic acids is 1. The fourth-order valence-electron chi connectivity index (χ4n) is 4.36. The number of morpholine rings is 1. The minimum Gasteiger partial charge on any atom is -0.378 e. The lowest BCUT2D eigenvalue weighted by molar-refractivity contribution is -0.113. The lowest BCUT2D eigenvalue weighted by Crippen LogP contribution is -2.36. The van der Waals surface area contributed by atoms with E-state index in [-0.39, 0.29) is 11.7 Å². The predicted molar refractivity (Wildman–Crippen MR) is 136 cm³/mol. The Balaban J connectivity index is 1.24. The van der Waals surface area contributed by atoms with Crippen LogP contribution in [-0.2, 0) is 9.53 Å². The van der Waals surface area contributed by atoms with E-state index in [0.717, 1.165) is 80.4 Å². The molecule has 2 fully saturated rings. The molecule has 0 radical (unpaired) electrons. The monoisotopic (exact) mass is 478 g/mol. The number of hydrogen-bond acceptors (Lipinski definition) is 7. The van der Waals surface area contributed by atoms with E-state index in [1.54, 1.807) is 0 Å². The Bertz CT molecular complexity index is 1080. The Morgan fingerprint density at radius 3 is 2.32 bits per heavy atom. The zero-order valence-corrected chi connectivity index (χ0v) is 20.0. The number of thioether (sulfide) groups is 1. The number of anilines is 3. The molecule has 2 aromatic carbocycles. The van der Waals surface area contributed by atoms with E-state index in [1.807, 2.05) is 42.5 Å². The molecular weight excluding hydrogens is 448 g/mol. The second-order valence-corrected chi connectivity index (χ2v) is 9.43. The minimum atomic E-state index is -0.0637. The molecule has 0 spiro atoms. The normalized spacial score (nSPS) is 16.5. The molecule has 8 nitrogen and oxygen atoms in total. The summed E-state index contributed by atoms with van der Waals surface area (Å²) in [6.45, 7) is 5.26. The van der Waals surface area contributed by atoms with Crippen LogP contribution < -0.4 is 15.1 Å². The number of nitrogens with one attached hydrogen (secondary N) is 1. The zero-order chi connectivity index (χ0) is 23.2. The summed E-state index contributed by atoms with van der Waals surface area (Å²) >= 11 is 1.41. The van der Waals surface area contributed by atoms with Gasteiger partial charge in [0.25, 0.3) is 0 Å². The van der Waals surface area contributed by atoms with Gasteiger partial charge in [0.15, 0.2) is 5.16 Å². The topological polar surface area (TPSA) is 75.5 Å². The smallest absolute Gasteiger partial charge is 0.234 e. The molecule has 34 heavy (non-hydrogen) atoms. The fraction of sp³-hybridized carbons (Fsp3) is 0.400. The van der Waals surface area contributed by atoms with Crippen LogP contribution in [0.25, 0.3) is 5.69 Å². The minimum absolute atomic E-state index is 0.0637. The molecule has 0 aliphatic carbocycles. The van der Waals surface area contributed by atoms with Crippen LogP contribution in [-0.4, -0.2) is 65.8 Å². The summed E-state index contributed by atoms with van der Waals surface area (Å²) in [6, 6.07) is 18.1. The lowest BCUT2D eigenvalue weighted by atomic mass is 10.1. The third-order valence-corrected chi connectivity index (χ3v) is 7.06. The van der Waals surface area contributed by atoms with Crippen molar-refractivity contribution in [2.24, 2.45) is 0 Å². The summed E-state index contributed by atoms with van der Waals surface area (Å²) in [4.78, 5) is 17.3. The Morgan fingerprint density at radius 1 is 0.853 bits per heavy atom. The second kappa shape index (κ2) is 10.9. The van der Waals surface area contributed by atoms with Gasteiger partial charge >= 0.3 is 0 Å². The highest BCUT2D eigenvalue weighted by Gasteiger charge is 2.22. The summed E-state index contributed by atoms with van der Waals surface area (Å²) < 4.78 is 7.49. The Labute approximate surface area is 204 Å². The van der Waals surface area contributed by atoms with Gasteiger partial charge in [0.05, 0.1) is 24.7 Å². The van der Waals surface area contributed by atoms with Crippen molar-refractivity contribution >= 4 is 35.0 Å². The van der Waals surface area contributed by atoms with Crippen molar-refractivity contribution in [3.63, 3.8) is 0 Å². The number of hydrogen-bond donors (Lipinski definition) is 1. The number of amides is 1. The molecule has 2 aliphatic rings. The highest BCUT2D eigenvalue weighted by molar-refractivity contribution is 7.99. The zero-order valence-electron chi connectivity index (χ0n) is 19.2. The third kappa shape index (κ3) is 5.37. The van der Waals surface area contributed by atoms with Gasteiger partial charge < -0.3 is 19.9 Å². The number of piperidine rings is 1. The van der Waals surface area contributed by atoms with Crippen molar-refractivity contribution in [2.75, 3.05) is 60.3 Å². The summed E-state index contributed by atoms with van der Waals surface area (Å²) in [5.41, 5.74) is 2.95. The maximum Gasteiger partial charge on any atom is 0.234 e. The van der Waals surface area contributed by atoms with Gasteiger partial charge in [-0.25, -0.2) is 0 Å². The maximum atomic E-state index is 12.7. The van der Waals surface area contributed by atoms with E-state index in [4.69, 9.17) is 4.74 Å². The molecule has 1 aromatic heterocycles. The van der Waals surface area contributed by atoms with Crippen LogP contribution in [0.2, 0.25) is 0 Å². The number of ether oxygens (including phenoxy) is 1. The van der Waals surface area contributed by atoms with Crippen LogP contribution in [0.1, 0.15) is 19.3 Å². The number of benzene rings is 2. The number of carbonyl (C=O) groups is 1. The average Bonchev–Trinajstić information content (AvgIpc) is 3.33. The molecule has 1 N–H and O–H groups in total. The first-order chi connectivity index (χ1) is 16.8. The Hall–Kier alpha value is -3.04. The summed E-state index contributed by atoms with van der Waals surface area (Å²) in [5, 5.41) is 12.7. The van der Waals surface area contributed by atoms with Gasteiger partial charge in [0.1, 0.15) is 0 Å². The first-order valence-electron chi connectivity index (χ1n) is 11.9. The first kappa shape index (κ1) is 22.7. The van der Waals surface area contributed by atoms with Crippen molar-refractivity contribution in [3.8, 4) is 5.69 Å². The van der Waals surface area contributed by atoms with Gasteiger partial charge in [-0.3, -0.25) is 9.36 Å². The van der Waals surface area contributed by atoms with Crippen LogP contribution in [0.15, 0.2) is 59.8 Å². The van der Waals surface area contributed by atoms with Crippen LogP contribution in [0.5, 0.6) is 0 Å². The summed E-state index contributed by atoms with van der Waals surface area (Å²) in [6.07, 6.45) is 3.58. The van der Waals surface area contributed by atoms with Crippen molar-refractivity contribution in [1.29, 1.82) is 0 Å². The van der Waals surface area contributed by atoms with E-state index >= 15 is 0 Å². The molecule has 9 heteroatoms. The first-order valence-corrected chi connectivity index (χ1v) is 12.9. The van der Waals surface area contributed by atoms with Crippen LogP contribution in [0, 0.1) is 0 Å². The molecule has 3 heterocycles. The van der Waals surface area contributed by atoms with Gasteiger partial charge in [0.2, 0.25) is 11.9 Å². The molecule has 5 rings (SSSR count). The van der Waals surface area contributed by atoms with Crippen LogP contribution >= 0.6 is 11.8 Å². The molecule has 2 aliphatic heterocycles. The van der Waals surface area contributed by atoms with E-state index in [2.05, 4.69) is 42.0 Å². The van der Waals surface area contributed by atoms with E-state index in [0.29, 0.717) is 0 Å². The molecule has 1 amide bonds. The molecule has 0 unspecified atom stereocenters. The van der Waals surface area contributed by atoms with E-state index in [1.165, 1.54) is 18.2 Å². The van der Waals surface area contributed by atoms with E-state index in [9.17, 15) is 4.79 Å².